The van der Waals surface area contributed by atoms with E-state index in [1.54, 1.807) is 35.7 Å². The SMILES string of the molecule is FC(F)C(F)(F)C1=Nc2ccccc2N=C(c2cccs2)C1. The van der Waals surface area contributed by atoms with Crippen molar-refractivity contribution >= 4 is 34.1 Å². The van der Waals surface area contributed by atoms with E-state index in [0.29, 0.717) is 16.3 Å². The molecule has 0 aliphatic carbocycles. The number of fused-ring (bicyclic) bond motifs is 1. The maximum atomic E-state index is 13.8. The van der Waals surface area contributed by atoms with Crippen molar-refractivity contribution in [2.75, 3.05) is 0 Å². The van der Waals surface area contributed by atoms with Crippen LogP contribution in [0, 0.1) is 0 Å². The molecule has 0 saturated heterocycles. The fourth-order valence-electron chi connectivity index (χ4n) is 2.09. The van der Waals surface area contributed by atoms with Gasteiger partial charge in [-0.1, -0.05) is 18.2 Å². The lowest BCUT2D eigenvalue weighted by atomic mass is 10.1. The first-order valence-electron chi connectivity index (χ1n) is 6.43. The number of nitrogens with zero attached hydrogens (tertiary/aromatic N) is 2. The van der Waals surface area contributed by atoms with Crippen molar-refractivity contribution in [3.05, 3.63) is 46.7 Å². The Balaban J connectivity index is 2.15. The third kappa shape index (κ3) is 2.68. The lowest BCUT2D eigenvalue weighted by Crippen LogP contribution is -2.37. The molecule has 22 heavy (non-hydrogen) atoms. The first-order chi connectivity index (χ1) is 10.5. The Kier molecular flexibility index (Phi) is 3.82. The summed E-state index contributed by atoms with van der Waals surface area (Å²) in [5.74, 6) is -4.28. The van der Waals surface area contributed by atoms with E-state index >= 15 is 0 Å². The molecular formula is C15H10F4N2S. The van der Waals surface area contributed by atoms with Crippen molar-refractivity contribution in [2.45, 2.75) is 18.8 Å². The number of hydrogen-bond acceptors (Lipinski definition) is 3. The van der Waals surface area contributed by atoms with E-state index in [-0.39, 0.29) is 5.69 Å². The van der Waals surface area contributed by atoms with Gasteiger partial charge in [-0.05, 0) is 23.6 Å². The Labute approximate surface area is 127 Å². The number of halogens is 4. The molecule has 114 valence electrons. The van der Waals surface area contributed by atoms with Crippen LogP contribution in [0.4, 0.5) is 28.9 Å². The van der Waals surface area contributed by atoms with Crippen molar-refractivity contribution in [3.8, 4) is 0 Å². The molecule has 7 heteroatoms. The van der Waals surface area contributed by atoms with Crippen LogP contribution in [0.15, 0.2) is 51.8 Å². The van der Waals surface area contributed by atoms with E-state index in [4.69, 9.17) is 0 Å². The molecule has 0 unspecified atom stereocenters. The predicted molar refractivity (Wildman–Crippen MR) is 79.6 cm³/mol. The van der Waals surface area contributed by atoms with Gasteiger partial charge in [0.05, 0.1) is 22.8 Å². The van der Waals surface area contributed by atoms with Gasteiger partial charge >= 0.3 is 12.3 Å². The van der Waals surface area contributed by atoms with Gasteiger partial charge < -0.3 is 0 Å². The molecule has 1 aromatic heterocycles. The molecule has 2 heterocycles. The fourth-order valence-corrected chi connectivity index (χ4v) is 2.80. The molecule has 1 aliphatic heterocycles. The van der Waals surface area contributed by atoms with E-state index in [1.165, 1.54) is 17.4 Å². The number of rotatable bonds is 3. The van der Waals surface area contributed by atoms with Gasteiger partial charge in [0.25, 0.3) is 0 Å². The van der Waals surface area contributed by atoms with Crippen molar-refractivity contribution < 1.29 is 17.6 Å². The molecule has 0 atom stereocenters. The zero-order valence-electron chi connectivity index (χ0n) is 11.1. The first-order valence-corrected chi connectivity index (χ1v) is 7.31. The summed E-state index contributed by atoms with van der Waals surface area (Å²) >= 11 is 1.32. The molecule has 0 N–H and O–H groups in total. The normalized spacial score (nSPS) is 15.1. The molecule has 2 aromatic rings. The van der Waals surface area contributed by atoms with Gasteiger partial charge in [-0.15, -0.1) is 11.3 Å². The Hall–Kier alpha value is -2.02. The molecule has 0 spiro atoms. The smallest absolute Gasteiger partial charge is 0.249 e. The minimum Gasteiger partial charge on any atom is -0.249 e. The summed E-state index contributed by atoms with van der Waals surface area (Å²) in [6, 6.07) is 9.87. The molecule has 0 radical (unpaired) electrons. The van der Waals surface area contributed by atoms with Gasteiger partial charge in [0.15, 0.2) is 0 Å². The number of benzene rings is 1. The largest absolute Gasteiger partial charge is 0.345 e. The second kappa shape index (κ2) is 5.64. The molecule has 0 saturated carbocycles. The van der Waals surface area contributed by atoms with E-state index in [9.17, 15) is 17.6 Å². The topological polar surface area (TPSA) is 24.7 Å². The zero-order chi connectivity index (χ0) is 15.7. The standard InChI is InChI=1S/C15H10F4N2S/c16-14(17)15(18,19)13-8-11(12-6-3-7-22-12)20-9-4-1-2-5-10(9)21-13/h1-7,14H,8H2. The summed E-state index contributed by atoms with van der Waals surface area (Å²) in [6.45, 7) is 0. The van der Waals surface area contributed by atoms with Crippen LogP contribution in [-0.2, 0) is 0 Å². The minimum atomic E-state index is -4.28. The molecule has 0 fully saturated rings. The van der Waals surface area contributed by atoms with Crippen molar-refractivity contribution in [1.82, 2.24) is 0 Å². The summed E-state index contributed by atoms with van der Waals surface area (Å²) < 4.78 is 53.0. The number of para-hydroxylation sites is 2. The van der Waals surface area contributed by atoms with Gasteiger partial charge in [-0.3, -0.25) is 0 Å². The number of thiophene rings is 1. The van der Waals surface area contributed by atoms with E-state index < -0.39 is 24.5 Å². The van der Waals surface area contributed by atoms with Gasteiger partial charge in [-0.25, -0.2) is 18.8 Å². The fraction of sp³-hybridized carbons (Fsp3) is 0.200. The molecule has 3 rings (SSSR count). The lowest BCUT2D eigenvalue weighted by molar-refractivity contribution is -0.0756. The molecule has 0 bridgehead atoms. The second-order valence-corrected chi connectivity index (χ2v) is 5.63. The monoisotopic (exact) mass is 326 g/mol. The Bertz CT molecular complexity index is 736. The third-order valence-corrected chi connectivity index (χ3v) is 4.11. The van der Waals surface area contributed by atoms with Gasteiger partial charge in [0.1, 0.15) is 0 Å². The van der Waals surface area contributed by atoms with Crippen molar-refractivity contribution in [1.29, 1.82) is 0 Å². The third-order valence-electron chi connectivity index (χ3n) is 3.19. The molecule has 1 aliphatic rings. The van der Waals surface area contributed by atoms with Gasteiger partial charge in [0, 0.05) is 11.3 Å². The summed E-state index contributed by atoms with van der Waals surface area (Å²) in [6.07, 6.45) is -4.21. The van der Waals surface area contributed by atoms with Crippen LogP contribution in [0.2, 0.25) is 0 Å². The Morgan fingerprint density at radius 1 is 1.00 bits per heavy atom. The maximum Gasteiger partial charge on any atom is 0.345 e. The average Bonchev–Trinajstić information content (AvgIpc) is 2.94. The Morgan fingerprint density at radius 2 is 1.68 bits per heavy atom. The first kappa shape index (κ1) is 14.9. The summed E-state index contributed by atoms with van der Waals surface area (Å²) in [5.41, 5.74) is 0.0222. The highest BCUT2D eigenvalue weighted by Crippen LogP contribution is 2.36. The maximum absolute atomic E-state index is 13.8. The van der Waals surface area contributed by atoms with Gasteiger partial charge in [-0.2, -0.15) is 8.78 Å². The average molecular weight is 326 g/mol. The molecule has 0 amide bonds. The molecule has 1 aromatic carbocycles. The minimum absolute atomic E-state index is 0.171. The molecule has 2 nitrogen and oxygen atoms in total. The van der Waals surface area contributed by atoms with Crippen LogP contribution >= 0.6 is 11.3 Å². The van der Waals surface area contributed by atoms with E-state index in [1.807, 2.05) is 0 Å². The highest BCUT2D eigenvalue weighted by molar-refractivity contribution is 7.12. The summed E-state index contributed by atoms with van der Waals surface area (Å²) in [5, 5.41) is 1.77. The quantitative estimate of drug-likeness (QED) is 0.689. The Morgan fingerprint density at radius 3 is 2.27 bits per heavy atom. The highest BCUT2D eigenvalue weighted by atomic mass is 32.1. The van der Waals surface area contributed by atoms with Crippen molar-refractivity contribution in [3.63, 3.8) is 0 Å². The van der Waals surface area contributed by atoms with Crippen LogP contribution in [0.5, 0.6) is 0 Å². The summed E-state index contributed by atoms with van der Waals surface area (Å²) in [7, 11) is 0. The van der Waals surface area contributed by atoms with Crippen LogP contribution in [0.25, 0.3) is 0 Å². The van der Waals surface area contributed by atoms with Crippen LogP contribution in [-0.4, -0.2) is 23.8 Å². The van der Waals surface area contributed by atoms with Crippen molar-refractivity contribution in [2.24, 2.45) is 9.98 Å². The van der Waals surface area contributed by atoms with Gasteiger partial charge in [0.2, 0.25) is 0 Å². The second-order valence-electron chi connectivity index (χ2n) is 4.68. The predicted octanol–water partition coefficient (Wildman–Crippen LogP) is 5.25. The highest BCUT2D eigenvalue weighted by Gasteiger charge is 2.47. The van der Waals surface area contributed by atoms with E-state index in [2.05, 4.69) is 9.98 Å². The number of aliphatic imine (C=N–C) groups is 2. The van der Waals surface area contributed by atoms with Crippen LogP contribution in [0.3, 0.4) is 0 Å². The van der Waals surface area contributed by atoms with E-state index in [0.717, 1.165) is 0 Å². The van der Waals surface area contributed by atoms with Crippen LogP contribution < -0.4 is 0 Å². The molecular weight excluding hydrogens is 316 g/mol. The zero-order valence-corrected chi connectivity index (χ0v) is 12.0. The van der Waals surface area contributed by atoms with Crippen LogP contribution in [0.1, 0.15) is 11.3 Å². The number of alkyl halides is 4. The lowest BCUT2D eigenvalue weighted by Gasteiger charge is -2.17. The summed E-state index contributed by atoms with van der Waals surface area (Å²) in [4.78, 5) is 8.77. The number of hydrogen-bond donors (Lipinski definition) is 0.